The second-order valence-corrected chi connectivity index (χ2v) is 6.33. The van der Waals surface area contributed by atoms with Crippen molar-refractivity contribution in [3.63, 3.8) is 0 Å². The van der Waals surface area contributed by atoms with Crippen molar-refractivity contribution in [2.24, 2.45) is 0 Å². The monoisotopic (exact) mass is 359 g/mol. The lowest BCUT2D eigenvalue weighted by atomic mass is 10.2. The Labute approximate surface area is 117 Å². The van der Waals surface area contributed by atoms with Crippen molar-refractivity contribution in [3.8, 4) is 5.75 Å². The number of aromatic hydroxyl groups is 1. The van der Waals surface area contributed by atoms with Crippen LogP contribution in [0.1, 0.15) is 10.4 Å². The Morgan fingerprint density at radius 3 is 2.53 bits per heavy atom. The largest absolute Gasteiger partial charge is 0.508 e. The van der Waals surface area contributed by atoms with Crippen molar-refractivity contribution >= 4 is 45.5 Å². The minimum Gasteiger partial charge on any atom is -0.508 e. The molecule has 0 saturated carbocycles. The molecule has 17 heavy (non-hydrogen) atoms. The van der Waals surface area contributed by atoms with Crippen LogP contribution in [-0.4, -0.2) is 18.1 Å². The number of carbonyl (C=O) groups excluding carboxylic acids is 1. The summed E-state index contributed by atoms with van der Waals surface area (Å²) in [5, 5.41) is 11.0. The molecule has 0 fully saturated rings. The van der Waals surface area contributed by atoms with Gasteiger partial charge in [-0.3, -0.25) is 4.79 Å². The Kier molecular flexibility index (Phi) is 3.68. The number of phenolic OH excluding ortho intramolecular Hbond substituents is 1. The van der Waals surface area contributed by atoms with Crippen molar-refractivity contribution in [1.29, 1.82) is 0 Å². The summed E-state index contributed by atoms with van der Waals surface area (Å²) in [6.45, 7) is 0. The highest BCUT2D eigenvalue weighted by Crippen LogP contribution is 2.22. The second-order valence-electron chi connectivity index (χ2n) is 3.52. The predicted molar refractivity (Wildman–Crippen MR) is 77.9 cm³/mol. The molecule has 0 unspecified atom stereocenters. The van der Waals surface area contributed by atoms with Crippen LogP contribution < -0.4 is 4.90 Å². The van der Waals surface area contributed by atoms with Crippen molar-refractivity contribution in [3.05, 3.63) is 44.2 Å². The molecule has 1 amide bonds. The van der Waals surface area contributed by atoms with Gasteiger partial charge >= 0.3 is 0 Å². The molecule has 0 spiro atoms. The molecule has 1 heterocycles. The van der Waals surface area contributed by atoms with Gasteiger partial charge < -0.3 is 10.0 Å². The minimum atomic E-state index is -0.0464. The molecular formula is C12H10INO2S. The molecule has 1 aromatic carbocycles. The number of phenols is 1. The predicted octanol–water partition coefficient (Wildman–Crippen LogP) is 3.33. The van der Waals surface area contributed by atoms with E-state index in [1.807, 2.05) is 11.4 Å². The van der Waals surface area contributed by atoms with Gasteiger partial charge in [-0.1, -0.05) is 0 Å². The third-order valence-corrected chi connectivity index (χ3v) is 4.15. The molecule has 0 aliphatic rings. The number of halogens is 1. The maximum absolute atomic E-state index is 12.1. The van der Waals surface area contributed by atoms with E-state index in [-0.39, 0.29) is 11.7 Å². The summed E-state index contributed by atoms with van der Waals surface area (Å²) >= 11 is 3.74. The van der Waals surface area contributed by atoms with Crippen LogP contribution in [0.4, 0.5) is 5.69 Å². The first-order chi connectivity index (χ1) is 8.08. The van der Waals surface area contributed by atoms with Crippen molar-refractivity contribution in [1.82, 2.24) is 0 Å². The molecule has 2 rings (SSSR count). The third kappa shape index (κ3) is 2.78. The number of hydrogen-bond donors (Lipinski definition) is 1. The SMILES string of the molecule is CN(C(=O)c1csc(I)c1)c1ccc(O)cc1. The van der Waals surface area contributed by atoms with Gasteiger partial charge in [-0.15, -0.1) is 11.3 Å². The molecule has 0 bridgehead atoms. The summed E-state index contributed by atoms with van der Waals surface area (Å²) < 4.78 is 1.09. The number of thiophene rings is 1. The van der Waals surface area contributed by atoms with Crippen molar-refractivity contribution < 1.29 is 9.90 Å². The van der Waals surface area contributed by atoms with Gasteiger partial charge in [0.2, 0.25) is 0 Å². The van der Waals surface area contributed by atoms with Crippen LogP contribution in [0.2, 0.25) is 0 Å². The highest BCUT2D eigenvalue weighted by atomic mass is 127. The summed E-state index contributed by atoms with van der Waals surface area (Å²) in [5.41, 5.74) is 1.45. The molecule has 5 heteroatoms. The van der Waals surface area contributed by atoms with E-state index in [1.54, 1.807) is 47.5 Å². The average Bonchev–Trinajstić information content (AvgIpc) is 2.75. The third-order valence-electron chi connectivity index (χ3n) is 2.36. The van der Waals surface area contributed by atoms with E-state index in [1.165, 1.54) is 0 Å². The number of amides is 1. The fourth-order valence-electron chi connectivity index (χ4n) is 1.41. The standard InChI is InChI=1S/C12H10INO2S/c1-14(9-2-4-10(15)5-3-9)12(16)8-6-11(13)17-7-8/h2-7,15H,1H3. The van der Waals surface area contributed by atoms with Crippen LogP contribution >= 0.6 is 33.9 Å². The van der Waals surface area contributed by atoms with E-state index < -0.39 is 0 Å². The number of rotatable bonds is 2. The Morgan fingerprint density at radius 1 is 1.35 bits per heavy atom. The van der Waals surface area contributed by atoms with Gasteiger partial charge in [-0.25, -0.2) is 0 Å². The average molecular weight is 359 g/mol. The number of carbonyl (C=O) groups is 1. The number of nitrogens with zero attached hydrogens (tertiary/aromatic N) is 1. The molecule has 0 saturated heterocycles. The molecule has 0 atom stereocenters. The molecule has 1 aromatic heterocycles. The van der Waals surface area contributed by atoms with Crippen LogP contribution in [0.25, 0.3) is 0 Å². The van der Waals surface area contributed by atoms with Gasteiger partial charge in [-0.2, -0.15) is 0 Å². The molecule has 0 radical (unpaired) electrons. The van der Waals surface area contributed by atoms with E-state index in [9.17, 15) is 9.90 Å². The number of hydrogen-bond acceptors (Lipinski definition) is 3. The first-order valence-corrected chi connectivity index (χ1v) is 6.85. The summed E-state index contributed by atoms with van der Waals surface area (Å²) in [5.74, 6) is 0.148. The molecular weight excluding hydrogens is 349 g/mol. The van der Waals surface area contributed by atoms with Gasteiger partial charge in [0.1, 0.15) is 5.75 Å². The topological polar surface area (TPSA) is 40.5 Å². The zero-order valence-electron chi connectivity index (χ0n) is 9.05. The van der Waals surface area contributed by atoms with E-state index in [2.05, 4.69) is 22.6 Å². The van der Waals surface area contributed by atoms with E-state index in [4.69, 9.17) is 0 Å². The van der Waals surface area contributed by atoms with Crippen LogP contribution in [0, 0.1) is 2.88 Å². The van der Waals surface area contributed by atoms with Gasteiger partial charge in [0.25, 0.3) is 5.91 Å². The van der Waals surface area contributed by atoms with Crippen LogP contribution in [-0.2, 0) is 0 Å². The Morgan fingerprint density at radius 2 is 2.00 bits per heavy atom. The molecule has 3 nitrogen and oxygen atoms in total. The van der Waals surface area contributed by atoms with Gasteiger partial charge in [0.05, 0.1) is 8.45 Å². The van der Waals surface area contributed by atoms with Crippen LogP contribution in [0.3, 0.4) is 0 Å². The summed E-state index contributed by atoms with van der Waals surface area (Å²) in [4.78, 5) is 13.7. The highest BCUT2D eigenvalue weighted by Gasteiger charge is 2.14. The fourth-order valence-corrected chi connectivity index (χ4v) is 2.73. The molecule has 1 N–H and O–H groups in total. The lowest BCUT2D eigenvalue weighted by Gasteiger charge is -2.16. The first kappa shape index (κ1) is 12.4. The van der Waals surface area contributed by atoms with Gasteiger partial charge in [0.15, 0.2) is 0 Å². The minimum absolute atomic E-state index is 0.0464. The lowest BCUT2D eigenvalue weighted by Crippen LogP contribution is -2.25. The van der Waals surface area contributed by atoms with E-state index >= 15 is 0 Å². The molecule has 0 aliphatic carbocycles. The van der Waals surface area contributed by atoms with Crippen LogP contribution in [0.5, 0.6) is 5.75 Å². The smallest absolute Gasteiger partial charge is 0.258 e. The van der Waals surface area contributed by atoms with Gasteiger partial charge in [0, 0.05) is 18.1 Å². The van der Waals surface area contributed by atoms with E-state index in [0.29, 0.717) is 5.56 Å². The summed E-state index contributed by atoms with van der Waals surface area (Å²) in [7, 11) is 1.72. The summed E-state index contributed by atoms with van der Waals surface area (Å²) in [6.07, 6.45) is 0. The number of anilines is 1. The van der Waals surface area contributed by atoms with Crippen LogP contribution in [0.15, 0.2) is 35.7 Å². The van der Waals surface area contributed by atoms with Crippen molar-refractivity contribution in [2.45, 2.75) is 0 Å². The molecule has 0 aliphatic heterocycles. The fraction of sp³-hybridized carbons (Fsp3) is 0.0833. The molecule has 2 aromatic rings. The molecule has 88 valence electrons. The Bertz CT molecular complexity index is 536. The van der Waals surface area contributed by atoms with E-state index in [0.717, 1.165) is 8.57 Å². The van der Waals surface area contributed by atoms with Crippen molar-refractivity contribution in [2.75, 3.05) is 11.9 Å². The maximum Gasteiger partial charge on any atom is 0.258 e. The zero-order chi connectivity index (χ0) is 12.4. The lowest BCUT2D eigenvalue weighted by molar-refractivity contribution is 0.0993. The Balaban J connectivity index is 2.23. The normalized spacial score (nSPS) is 10.2. The quantitative estimate of drug-likeness (QED) is 0.836. The zero-order valence-corrected chi connectivity index (χ0v) is 12.0. The summed E-state index contributed by atoms with van der Waals surface area (Å²) in [6, 6.07) is 8.42. The Hall–Kier alpha value is -1.08. The van der Waals surface area contributed by atoms with Gasteiger partial charge in [-0.05, 0) is 52.9 Å². The highest BCUT2D eigenvalue weighted by molar-refractivity contribution is 14.1. The maximum atomic E-state index is 12.1. The first-order valence-electron chi connectivity index (χ1n) is 4.89. The number of benzene rings is 1. The second kappa shape index (κ2) is 5.05.